The van der Waals surface area contributed by atoms with E-state index in [9.17, 15) is 0 Å². The molecule has 0 saturated carbocycles. The van der Waals surface area contributed by atoms with Crippen LogP contribution in [0, 0.1) is 0 Å². The number of pyridine rings is 2. The van der Waals surface area contributed by atoms with Crippen LogP contribution in [0.15, 0.2) is 60.8 Å². The Hall–Kier alpha value is -3.62. The maximum Gasteiger partial charge on any atom is 0.221 e. The lowest BCUT2D eigenvalue weighted by atomic mass is 10.1. The molecule has 5 rings (SSSR count). The molecule has 0 aliphatic carbocycles. The van der Waals surface area contributed by atoms with E-state index >= 15 is 0 Å². The van der Waals surface area contributed by atoms with Crippen molar-refractivity contribution in [1.82, 2.24) is 24.8 Å². The number of nitrogens with one attached hydrogen (secondary N) is 1. The maximum absolute atomic E-state index is 5.94. The highest BCUT2D eigenvalue weighted by Crippen LogP contribution is 2.28. The SMILES string of the molecule is Nc1nc(-c2ccccc2)c2nc(-c3ccc(NCCN4CCOCC4)nc3)ccc2n1. The van der Waals surface area contributed by atoms with Gasteiger partial charge in [-0.1, -0.05) is 30.3 Å². The molecule has 4 aromatic rings. The molecule has 32 heavy (non-hydrogen) atoms. The lowest BCUT2D eigenvalue weighted by Crippen LogP contribution is -2.39. The molecule has 1 aliphatic rings. The summed E-state index contributed by atoms with van der Waals surface area (Å²) >= 11 is 0. The number of anilines is 2. The molecular formula is C24H25N7O. The van der Waals surface area contributed by atoms with Crippen LogP contribution in [-0.2, 0) is 4.74 Å². The van der Waals surface area contributed by atoms with Crippen LogP contribution in [0.1, 0.15) is 0 Å². The summed E-state index contributed by atoms with van der Waals surface area (Å²) in [6.45, 7) is 5.43. The van der Waals surface area contributed by atoms with Crippen LogP contribution in [0.5, 0.6) is 0 Å². The van der Waals surface area contributed by atoms with Crippen molar-refractivity contribution in [3.05, 3.63) is 60.8 Å². The number of ether oxygens (including phenoxy) is 1. The first-order chi connectivity index (χ1) is 15.8. The van der Waals surface area contributed by atoms with Gasteiger partial charge in [0.1, 0.15) is 17.0 Å². The highest BCUT2D eigenvalue weighted by Gasteiger charge is 2.12. The molecule has 1 fully saturated rings. The zero-order valence-electron chi connectivity index (χ0n) is 17.7. The monoisotopic (exact) mass is 427 g/mol. The topological polar surface area (TPSA) is 102 Å². The zero-order chi connectivity index (χ0) is 21.8. The van der Waals surface area contributed by atoms with Crippen LogP contribution in [0.25, 0.3) is 33.5 Å². The van der Waals surface area contributed by atoms with Gasteiger partial charge in [0.05, 0.1) is 24.4 Å². The van der Waals surface area contributed by atoms with Crippen LogP contribution in [0.2, 0.25) is 0 Å². The number of hydrogen-bond donors (Lipinski definition) is 2. The molecular weight excluding hydrogens is 402 g/mol. The van der Waals surface area contributed by atoms with E-state index in [2.05, 4.69) is 25.2 Å². The molecule has 4 heterocycles. The summed E-state index contributed by atoms with van der Waals surface area (Å²) < 4.78 is 5.39. The largest absolute Gasteiger partial charge is 0.379 e. The lowest BCUT2D eigenvalue weighted by Gasteiger charge is -2.26. The zero-order valence-corrected chi connectivity index (χ0v) is 17.7. The first-order valence-corrected chi connectivity index (χ1v) is 10.8. The fourth-order valence-electron chi connectivity index (χ4n) is 3.81. The Morgan fingerprint density at radius 1 is 0.906 bits per heavy atom. The van der Waals surface area contributed by atoms with Crippen molar-refractivity contribution in [2.45, 2.75) is 0 Å². The molecule has 1 aliphatic heterocycles. The highest BCUT2D eigenvalue weighted by molar-refractivity contribution is 5.91. The second-order valence-electron chi connectivity index (χ2n) is 7.67. The summed E-state index contributed by atoms with van der Waals surface area (Å²) in [7, 11) is 0. The Morgan fingerprint density at radius 2 is 1.75 bits per heavy atom. The van der Waals surface area contributed by atoms with Gasteiger partial charge >= 0.3 is 0 Å². The van der Waals surface area contributed by atoms with Crippen LogP contribution in [0.4, 0.5) is 11.8 Å². The van der Waals surface area contributed by atoms with Crippen LogP contribution in [-0.4, -0.2) is 64.2 Å². The third-order valence-corrected chi connectivity index (χ3v) is 5.50. The highest BCUT2D eigenvalue weighted by atomic mass is 16.5. The van der Waals surface area contributed by atoms with E-state index in [-0.39, 0.29) is 5.95 Å². The summed E-state index contributed by atoms with van der Waals surface area (Å²) in [5, 5.41) is 3.39. The Morgan fingerprint density at radius 3 is 2.53 bits per heavy atom. The number of benzene rings is 1. The number of fused-ring (bicyclic) bond motifs is 1. The van der Waals surface area contributed by atoms with Gasteiger partial charge in [0.2, 0.25) is 5.95 Å². The average Bonchev–Trinajstić information content (AvgIpc) is 2.85. The van der Waals surface area contributed by atoms with Gasteiger partial charge < -0.3 is 15.8 Å². The number of nitrogens with zero attached hydrogens (tertiary/aromatic N) is 5. The van der Waals surface area contributed by atoms with Gasteiger partial charge in [0, 0.05) is 43.5 Å². The van der Waals surface area contributed by atoms with Crippen molar-refractivity contribution < 1.29 is 4.74 Å². The van der Waals surface area contributed by atoms with Crippen LogP contribution in [0.3, 0.4) is 0 Å². The molecule has 3 N–H and O–H groups in total. The molecule has 0 unspecified atom stereocenters. The van der Waals surface area contributed by atoms with Gasteiger partial charge in [-0.05, 0) is 24.3 Å². The number of nitrogen functional groups attached to an aromatic ring is 1. The van der Waals surface area contributed by atoms with Crippen LogP contribution >= 0.6 is 0 Å². The second-order valence-corrected chi connectivity index (χ2v) is 7.67. The van der Waals surface area contributed by atoms with E-state index in [1.54, 1.807) is 0 Å². The molecule has 0 amide bonds. The van der Waals surface area contributed by atoms with Crippen molar-refractivity contribution >= 4 is 22.8 Å². The van der Waals surface area contributed by atoms with E-state index in [1.807, 2.05) is 60.8 Å². The quantitative estimate of drug-likeness (QED) is 0.484. The molecule has 0 bridgehead atoms. The summed E-state index contributed by atoms with van der Waals surface area (Å²) in [5.41, 5.74) is 10.8. The first-order valence-electron chi connectivity index (χ1n) is 10.8. The standard InChI is InChI=1S/C24H25N7O/c25-24-29-20-8-7-19(28-23(20)22(30-24)17-4-2-1-3-5-17)18-6-9-21(27-16-18)26-10-11-31-12-14-32-15-13-31/h1-9,16H,10-15H2,(H,26,27)(H2,25,29,30). The number of morpholine rings is 1. The van der Waals surface area contributed by atoms with E-state index in [1.165, 1.54) is 0 Å². The summed E-state index contributed by atoms with van der Waals surface area (Å²) in [5.74, 6) is 1.09. The third-order valence-electron chi connectivity index (χ3n) is 5.50. The molecule has 1 saturated heterocycles. The fourth-order valence-corrected chi connectivity index (χ4v) is 3.81. The normalized spacial score (nSPS) is 14.5. The molecule has 0 spiro atoms. The van der Waals surface area contributed by atoms with Gasteiger partial charge in [0.15, 0.2) is 0 Å². The van der Waals surface area contributed by atoms with E-state index in [0.29, 0.717) is 0 Å². The average molecular weight is 428 g/mol. The number of aromatic nitrogens is 4. The predicted octanol–water partition coefficient (Wildman–Crippen LogP) is 3.08. The minimum atomic E-state index is 0.236. The van der Waals surface area contributed by atoms with Gasteiger partial charge in [-0.25, -0.2) is 19.9 Å². The smallest absolute Gasteiger partial charge is 0.221 e. The van der Waals surface area contributed by atoms with Gasteiger partial charge in [-0.3, -0.25) is 4.90 Å². The maximum atomic E-state index is 5.94. The minimum absolute atomic E-state index is 0.236. The molecule has 0 atom stereocenters. The molecule has 8 heteroatoms. The molecule has 0 radical (unpaired) electrons. The fraction of sp³-hybridized carbons (Fsp3) is 0.250. The molecule has 3 aromatic heterocycles. The van der Waals surface area contributed by atoms with E-state index < -0.39 is 0 Å². The molecule has 1 aromatic carbocycles. The van der Waals surface area contributed by atoms with Crippen LogP contribution < -0.4 is 11.1 Å². The number of hydrogen-bond acceptors (Lipinski definition) is 8. The second kappa shape index (κ2) is 9.25. The Bertz CT molecular complexity index is 1190. The molecule has 162 valence electrons. The molecule has 8 nitrogen and oxygen atoms in total. The number of rotatable bonds is 6. The Labute approximate surface area is 186 Å². The van der Waals surface area contributed by atoms with Crippen molar-refractivity contribution in [3.63, 3.8) is 0 Å². The number of nitrogens with two attached hydrogens (primary N) is 1. The van der Waals surface area contributed by atoms with Crippen molar-refractivity contribution in [2.75, 3.05) is 50.4 Å². The lowest BCUT2D eigenvalue weighted by molar-refractivity contribution is 0.0398. The van der Waals surface area contributed by atoms with Crippen molar-refractivity contribution in [3.8, 4) is 22.5 Å². The first kappa shape index (κ1) is 20.3. The van der Waals surface area contributed by atoms with E-state index in [4.69, 9.17) is 15.5 Å². The third kappa shape index (κ3) is 4.51. The van der Waals surface area contributed by atoms with E-state index in [0.717, 1.165) is 78.8 Å². The Balaban J connectivity index is 1.35. The van der Waals surface area contributed by atoms with Gasteiger partial charge in [-0.2, -0.15) is 0 Å². The van der Waals surface area contributed by atoms with Crippen molar-refractivity contribution in [1.29, 1.82) is 0 Å². The summed E-state index contributed by atoms with van der Waals surface area (Å²) in [6.07, 6.45) is 1.84. The summed E-state index contributed by atoms with van der Waals surface area (Å²) in [4.78, 5) is 20.6. The Kier molecular flexibility index (Phi) is 5.87. The van der Waals surface area contributed by atoms with Crippen molar-refractivity contribution in [2.24, 2.45) is 0 Å². The summed E-state index contributed by atoms with van der Waals surface area (Å²) in [6, 6.07) is 17.8. The predicted molar refractivity (Wildman–Crippen MR) is 126 cm³/mol. The minimum Gasteiger partial charge on any atom is -0.379 e. The van der Waals surface area contributed by atoms with Gasteiger partial charge in [-0.15, -0.1) is 0 Å². The van der Waals surface area contributed by atoms with Gasteiger partial charge in [0.25, 0.3) is 0 Å².